The third kappa shape index (κ3) is 4.93. The summed E-state index contributed by atoms with van der Waals surface area (Å²) >= 11 is 5.98. The number of hydrogen-bond acceptors (Lipinski definition) is 3. The van der Waals surface area contributed by atoms with Crippen LogP contribution in [0.5, 0.6) is 0 Å². The van der Waals surface area contributed by atoms with E-state index in [1.165, 1.54) is 24.0 Å². The van der Waals surface area contributed by atoms with E-state index in [-0.39, 0.29) is 18.1 Å². The molecular weight excluding hydrogens is 372 g/mol. The molecule has 0 spiro atoms. The predicted molar refractivity (Wildman–Crippen MR) is 111 cm³/mol. The van der Waals surface area contributed by atoms with Crippen molar-refractivity contribution in [1.29, 1.82) is 0 Å². The second kappa shape index (κ2) is 8.64. The maximum Gasteiger partial charge on any atom is 0.234 e. The molecule has 28 heavy (non-hydrogen) atoms. The summed E-state index contributed by atoms with van der Waals surface area (Å²) in [5, 5.41) is 4.01. The van der Waals surface area contributed by atoms with Crippen LogP contribution in [-0.2, 0) is 9.53 Å². The number of morpholine rings is 1. The highest BCUT2D eigenvalue weighted by molar-refractivity contribution is 6.30. The Balaban J connectivity index is 1.35. The summed E-state index contributed by atoms with van der Waals surface area (Å²) in [5.41, 5.74) is 3.55. The van der Waals surface area contributed by atoms with Gasteiger partial charge in [-0.1, -0.05) is 53.6 Å². The molecule has 5 heteroatoms. The van der Waals surface area contributed by atoms with Crippen molar-refractivity contribution in [3.63, 3.8) is 0 Å². The number of carbonyl (C=O) groups is 1. The first kappa shape index (κ1) is 19.4. The van der Waals surface area contributed by atoms with Gasteiger partial charge in [0.15, 0.2) is 0 Å². The van der Waals surface area contributed by atoms with Crippen molar-refractivity contribution in [2.45, 2.75) is 31.9 Å². The van der Waals surface area contributed by atoms with Crippen LogP contribution in [0, 0.1) is 12.8 Å². The fourth-order valence-corrected chi connectivity index (χ4v) is 3.95. The van der Waals surface area contributed by atoms with Crippen molar-refractivity contribution in [2.24, 2.45) is 5.92 Å². The highest BCUT2D eigenvalue weighted by atomic mass is 35.5. The molecule has 1 saturated carbocycles. The topological polar surface area (TPSA) is 41.6 Å². The third-order valence-electron chi connectivity index (χ3n) is 5.61. The number of aryl methyl sites for hydroxylation is 1. The van der Waals surface area contributed by atoms with Gasteiger partial charge < -0.3 is 10.1 Å². The quantitative estimate of drug-likeness (QED) is 0.789. The van der Waals surface area contributed by atoms with Crippen LogP contribution in [0.3, 0.4) is 0 Å². The average Bonchev–Trinajstić information content (AvgIpc) is 3.53. The number of benzene rings is 2. The Bertz CT molecular complexity index is 802. The molecule has 2 aromatic carbocycles. The molecule has 1 amide bonds. The van der Waals surface area contributed by atoms with Crippen LogP contribution in [0.2, 0.25) is 5.02 Å². The number of ether oxygens (including phenoxy) is 1. The fourth-order valence-electron chi connectivity index (χ4n) is 3.82. The predicted octanol–water partition coefficient (Wildman–Crippen LogP) is 4.29. The van der Waals surface area contributed by atoms with E-state index in [4.69, 9.17) is 16.3 Å². The van der Waals surface area contributed by atoms with Crippen LogP contribution in [-0.4, -0.2) is 37.0 Å². The second-order valence-corrected chi connectivity index (χ2v) is 8.38. The first-order valence-corrected chi connectivity index (χ1v) is 10.4. The molecular formula is C23H27ClN2O2. The zero-order chi connectivity index (χ0) is 19.5. The maximum absolute atomic E-state index is 12.8. The maximum atomic E-state index is 12.8. The second-order valence-electron chi connectivity index (χ2n) is 7.94. The van der Waals surface area contributed by atoms with E-state index in [1.807, 2.05) is 24.3 Å². The molecule has 1 N–H and O–H groups in total. The van der Waals surface area contributed by atoms with E-state index in [0.29, 0.717) is 25.6 Å². The van der Waals surface area contributed by atoms with Gasteiger partial charge >= 0.3 is 0 Å². The van der Waals surface area contributed by atoms with E-state index in [0.717, 1.165) is 17.1 Å². The summed E-state index contributed by atoms with van der Waals surface area (Å²) in [7, 11) is 0. The molecule has 2 aromatic rings. The molecule has 1 saturated heterocycles. The Morgan fingerprint density at radius 2 is 1.89 bits per heavy atom. The molecule has 1 aliphatic carbocycles. The molecule has 0 radical (unpaired) electrons. The van der Waals surface area contributed by atoms with Crippen molar-refractivity contribution in [3.05, 3.63) is 70.2 Å². The zero-order valence-corrected chi connectivity index (χ0v) is 17.0. The largest absolute Gasteiger partial charge is 0.371 e. The molecule has 0 bridgehead atoms. The van der Waals surface area contributed by atoms with Gasteiger partial charge in [-0.05, 0) is 48.9 Å². The highest BCUT2D eigenvalue weighted by Gasteiger charge is 2.34. The van der Waals surface area contributed by atoms with Gasteiger partial charge in [0.2, 0.25) is 5.91 Å². The molecule has 2 aliphatic rings. The number of hydrogen-bond donors (Lipinski definition) is 1. The smallest absolute Gasteiger partial charge is 0.234 e. The van der Waals surface area contributed by atoms with Crippen LogP contribution in [0.4, 0.5) is 0 Å². The molecule has 1 heterocycles. The lowest BCUT2D eigenvalue weighted by Crippen LogP contribution is -2.45. The third-order valence-corrected chi connectivity index (χ3v) is 5.86. The van der Waals surface area contributed by atoms with Crippen molar-refractivity contribution >= 4 is 17.5 Å². The number of carbonyl (C=O) groups excluding carboxylic acids is 1. The lowest BCUT2D eigenvalue weighted by Gasteiger charge is -2.33. The van der Waals surface area contributed by atoms with Crippen LogP contribution in [0.25, 0.3) is 0 Å². The van der Waals surface area contributed by atoms with E-state index in [1.54, 1.807) is 0 Å². The normalized spacial score (nSPS) is 21.3. The van der Waals surface area contributed by atoms with Gasteiger partial charge in [0, 0.05) is 18.1 Å². The lowest BCUT2D eigenvalue weighted by molar-refractivity contribution is -0.125. The van der Waals surface area contributed by atoms with Gasteiger partial charge in [-0.3, -0.25) is 9.69 Å². The molecule has 2 fully saturated rings. The highest BCUT2D eigenvalue weighted by Crippen LogP contribution is 2.41. The number of amides is 1. The summed E-state index contributed by atoms with van der Waals surface area (Å²) in [6.45, 7) is 4.61. The SMILES string of the molecule is Cc1ccc(C(NC(=O)CN2CCOC(c3ccc(Cl)cc3)C2)C2CC2)cc1. The number of nitrogens with zero attached hydrogens (tertiary/aromatic N) is 1. The summed E-state index contributed by atoms with van der Waals surface area (Å²) in [6, 6.07) is 16.4. The Kier molecular flexibility index (Phi) is 6.00. The average molecular weight is 399 g/mol. The Hall–Kier alpha value is -1.88. The van der Waals surface area contributed by atoms with Gasteiger partial charge in [0.1, 0.15) is 0 Å². The van der Waals surface area contributed by atoms with Gasteiger partial charge in [-0.25, -0.2) is 0 Å². The Morgan fingerprint density at radius 3 is 2.57 bits per heavy atom. The molecule has 4 nitrogen and oxygen atoms in total. The summed E-state index contributed by atoms with van der Waals surface area (Å²) < 4.78 is 5.91. The number of rotatable bonds is 6. The molecule has 0 aromatic heterocycles. The van der Waals surface area contributed by atoms with E-state index >= 15 is 0 Å². The Morgan fingerprint density at radius 1 is 1.18 bits per heavy atom. The number of halogens is 1. The minimum Gasteiger partial charge on any atom is -0.371 e. The fraction of sp³-hybridized carbons (Fsp3) is 0.435. The van der Waals surface area contributed by atoms with Gasteiger partial charge in [-0.2, -0.15) is 0 Å². The molecule has 148 valence electrons. The van der Waals surface area contributed by atoms with Crippen LogP contribution >= 0.6 is 11.6 Å². The molecule has 2 unspecified atom stereocenters. The first-order chi connectivity index (χ1) is 13.6. The van der Waals surface area contributed by atoms with Gasteiger partial charge in [0.05, 0.1) is 25.3 Å². The molecule has 1 aliphatic heterocycles. The summed E-state index contributed by atoms with van der Waals surface area (Å²) in [6.07, 6.45) is 2.36. The van der Waals surface area contributed by atoms with Gasteiger partial charge in [-0.15, -0.1) is 0 Å². The minimum atomic E-state index is -0.0184. The first-order valence-electron chi connectivity index (χ1n) is 10.0. The number of nitrogens with one attached hydrogen (secondary N) is 1. The molecule has 2 atom stereocenters. The van der Waals surface area contributed by atoms with Crippen molar-refractivity contribution in [1.82, 2.24) is 10.2 Å². The van der Waals surface area contributed by atoms with Gasteiger partial charge in [0.25, 0.3) is 0 Å². The Labute approximate surface area is 171 Å². The standard InChI is InChI=1S/C23H27ClN2O2/c1-16-2-4-18(5-3-16)23(19-6-7-19)25-22(27)15-26-12-13-28-21(14-26)17-8-10-20(24)11-9-17/h2-5,8-11,19,21,23H,6-7,12-15H2,1H3,(H,25,27). The summed E-state index contributed by atoms with van der Waals surface area (Å²) in [4.78, 5) is 14.9. The van der Waals surface area contributed by atoms with E-state index in [9.17, 15) is 4.79 Å². The zero-order valence-electron chi connectivity index (χ0n) is 16.2. The lowest BCUT2D eigenvalue weighted by atomic mass is 10.0. The van der Waals surface area contributed by atoms with E-state index in [2.05, 4.69) is 41.4 Å². The van der Waals surface area contributed by atoms with Crippen molar-refractivity contribution in [2.75, 3.05) is 26.2 Å². The minimum absolute atomic E-state index is 0.0184. The summed E-state index contributed by atoms with van der Waals surface area (Å²) in [5.74, 6) is 0.660. The van der Waals surface area contributed by atoms with Crippen molar-refractivity contribution in [3.8, 4) is 0 Å². The van der Waals surface area contributed by atoms with Crippen LogP contribution < -0.4 is 5.32 Å². The monoisotopic (exact) mass is 398 g/mol. The molecule has 4 rings (SSSR count). The van der Waals surface area contributed by atoms with E-state index < -0.39 is 0 Å². The van der Waals surface area contributed by atoms with Crippen LogP contribution in [0.15, 0.2) is 48.5 Å². The van der Waals surface area contributed by atoms with Crippen LogP contribution in [0.1, 0.15) is 41.7 Å². The van der Waals surface area contributed by atoms with Crippen molar-refractivity contribution < 1.29 is 9.53 Å².